The van der Waals surface area contributed by atoms with Gasteiger partial charge in [-0.1, -0.05) is 0 Å². The standard InChI is InChI=1S/C19H12F3N7O2/c20-19(21,22)16-8-17(27-18(26-16)11-3-5-23-6-4-11)28-25-10-12-9-24-15-2-1-13(29(30)31)7-14(12)15/h1-10,24H,(H,26,27,28)/b25-10+. The third-order valence-electron chi connectivity index (χ3n) is 4.25. The summed E-state index contributed by atoms with van der Waals surface area (Å²) in [4.78, 5) is 24.9. The van der Waals surface area contributed by atoms with E-state index < -0.39 is 16.8 Å². The Morgan fingerprint density at radius 1 is 1.13 bits per heavy atom. The van der Waals surface area contributed by atoms with Crippen molar-refractivity contribution < 1.29 is 18.1 Å². The fourth-order valence-corrected chi connectivity index (χ4v) is 2.80. The second kappa shape index (κ2) is 7.82. The molecule has 9 nitrogen and oxygen atoms in total. The average molecular weight is 427 g/mol. The fraction of sp³-hybridized carbons (Fsp3) is 0.0526. The first-order valence-corrected chi connectivity index (χ1v) is 8.72. The Kier molecular flexibility index (Phi) is 5.03. The second-order valence-electron chi connectivity index (χ2n) is 6.30. The summed E-state index contributed by atoms with van der Waals surface area (Å²) < 4.78 is 39.8. The van der Waals surface area contributed by atoms with Crippen LogP contribution in [-0.4, -0.2) is 31.1 Å². The topological polar surface area (TPSA) is 122 Å². The van der Waals surface area contributed by atoms with Crippen molar-refractivity contribution in [2.45, 2.75) is 6.18 Å². The van der Waals surface area contributed by atoms with Crippen molar-refractivity contribution in [3.63, 3.8) is 0 Å². The number of nitrogens with zero attached hydrogens (tertiary/aromatic N) is 5. The molecule has 1 aromatic carbocycles. The molecule has 156 valence electrons. The first-order valence-electron chi connectivity index (χ1n) is 8.72. The lowest BCUT2D eigenvalue weighted by Gasteiger charge is -2.10. The molecule has 0 aliphatic heterocycles. The number of alkyl halides is 3. The van der Waals surface area contributed by atoms with Crippen molar-refractivity contribution in [3.05, 3.63) is 76.4 Å². The number of nitro benzene ring substituents is 1. The molecule has 0 unspecified atom stereocenters. The summed E-state index contributed by atoms with van der Waals surface area (Å²) in [6.07, 6.45) is 1.05. The molecule has 3 heterocycles. The largest absolute Gasteiger partial charge is 0.433 e. The second-order valence-corrected chi connectivity index (χ2v) is 6.30. The number of nitro groups is 1. The first kappa shape index (κ1) is 19.9. The molecular weight excluding hydrogens is 415 g/mol. The van der Waals surface area contributed by atoms with Crippen molar-refractivity contribution in [1.29, 1.82) is 0 Å². The van der Waals surface area contributed by atoms with Crippen LogP contribution in [0, 0.1) is 10.1 Å². The Balaban J connectivity index is 1.65. The summed E-state index contributed by atoms with van der Waals surface area (Å²) in [5.74, 6) is -0.311. The Labute approximate surface area is 171 Å². The number of hydrogen-bond acceptors (Lipinski definition) is 7. The minimum atomic E-state index is -4.68. The lowest BCUT2D eigenvalue weighted by Crippen LogP contribution is -2.11. The van der Waals surface area contributed by atoms with E-state index in [0.29, 0.717) is 22.0 Å². The highest BCUT2D eigenvalue weighted by atomic mass is 19.4. The summed E-state index contributed by atoms with van der Waals surface area (Å²) in [7, 11) is 0. The number of hydrogen-bond donors (Lipinski definition) is 2. The molecule has 0 spiro atoms. The van der Waals surface area contributed by atoms with Gasteiger partial charge in [0.1, 0.15) is 0 Å². The van der Waals surface area contributed by atoms with Crippen molar-refractivity contribution >= 4 is 28.6 Å². The minimum absolute atomic E-state index is 0.0951. The van der Waals surface area contributed by atoms with E-state index in [-0.39, 0.29) is 17.3 Å². The van der Waals surface area contributed by atoms with Crippen LogP contribution in [0.3, 0.4) is 0 Å². The molecule has 4 rings (SSSR count). The van der Waals surface area contributed by atoms with E-state index in [9.17, 15) is 23.3 Å². The maximum Gasteiger partial charge on any atom is 0.433 e. The van der Waals surface area contributed by atoms with Gasteiger partial charge in [-0.2, -0.15) is 18.3 Å². The Morgan fingerprint density at radius 2 is 1.90 bits per heavy atom. The number of H-pyrrole nitrogens is 1. The first-order chi connectivity index (χ1) is 14.8. The van der Waals surface area contributed by atoms with E-state index >= 15 is 0 Å². The molecule has 0 saturated carbocycles. The molecular formula is C19H12F3N7O2. The number of halogens is 3. The molecule has 2 N–H and O–H groups in total. The van der Waals surface area contributed by atoms with Crippen molar-refractivity contribution in [3.8, 4) is 11.4 Å². The molecule has 4 aromatic rings. The fourth-order valence-electron chi connectivity index (χ4n) is 2.80. The van der Waals surface area contributed by atoms with Crippen molar-refractivity contribution in [2.24, 2.45) is 5.10 Å². The number of non-ortho nitro benzene ring substituents is 1. The van der Waals surface area contributed by atoms with E-state index in [2.05, 4.69) is 30.5 Å². The van der Waals surface area contributed by atoms with Gasteiger partial charge >= 0.3 is 6.18 Å². The lowest BCUT2D eigenvalue weighted by atomic mass is 10.2. The zero-order chi connectivity index (χ0) is 22.0. The highest BCUT2D eigenvalue weighted by Crippen LogP contribution is 2.30. The van der Waals surface area contributed by atoms with Gasteiger partial charge in [0.2, 0.25) is 0 Å². The van der Waals surface area contributed by atoms with Crippen LogP contribution in [0.15, 0.2) is 60.1 Å². The molecule has 12 heteroatoms. The average Bonchev–Trinajstić information content (AvgIpc) is 3.16. The maximum absolute atomic E-state index is 13.3. The number of benzene rings is 1. The van der Waals surface area contributed by atoms with Crippen LogP contribution >= 0.6 is 0 Å². The van der Waals surface area contributed by atoms with E-state index in [1.54, 1.807) is 12.3 Å². The van der Waals surface area contributed by atoms with Gasteiger partial charge in [-0.25, -0.2) is 9.97 Å². The van der Waals surface area contributed by atoms with Crippen molar-refractivity contribution in [1.82, 2.24) is 19.9 Å². The van der Waals surface area contributed by atoms with Crippen LogP contribution in [-0.2, 0) is 6.18 Å². The van der Waals surface area contributed by atoms with Crippen LogP contribution < -0.4 is 5.43 Å². The zero-order valence-corrected chi connectivity index (χ0v) is 15.5. The van der Waals surface area contributed by atoms with E-state index in [0.717, 1.165) is 6.07 Å². The molecule has 0 amide bonds. The summed E-state index contributed by atoms with van der Waals surface area (Å²) >= 11 is 0. The van der Waals surface area contributed by atoms with Gasteiger partial charge in [-0.3, -0.25) is 20.5 Å². The summed E-state index contributed by atoms with van der Waals surface area (Å²) in [6.45, 7) is 0. The monoisotopic (exact) mass is 427 g/mol. The highest BCUT2D eigenvalue weighted by molar-refractivity contribution is 6.00. The van der Waals surface area contributed by atoms with Crippen LogP contribution in [0.25, 0.3) is 22.3 Å². The van der Waals surface area contributed by atoms with Gasteiger partial charge in [0, 0.05) is 58.8 Å². The summed E-state index contributed by atoms with van der Waals surface area (Å²) in [5.41, 5.74) is 2.75. The van der Waals surface area contributed by atoms with E-state index in [4.69, 9.17) is 0 Å². The smallest absolute Gasteiger partial charge is 0.360 e. The molecule has 0 saturated heterocycles. The number of pyridine rings is 1. The van der Waals surface area contributed by atoms with Crippen LogP contribution in [0.1, 0.15) is 11.3 Å². The quantitative estimate of drug-likeness (QED) is 0.277. The lowest BCUT2D eigenvalue weighted by molar-refractivity contribution is -0.384. The molecule has 0 aliphatic carbocycles. The van der Waals surface area contributed by atoms with Crippen LogP contribution in [0.2, 0.25) is 0 Å². The molecule has 31 heavy (non-hydrogen) atoms. The normalized spacial score (nSPS) is 11.8. The number of nitrogens with one attached hydrogen (secondary N) is 2. The molecule has 0 fully saturated rings. The van der Waals surface area contributed by atoms with Gasteiger partial charge in [-0.15, -0.1) is 0 Å². The Bertz CT molecular complexity index is 1290. The zero-order valence-electron chi connectivity index (χ0n) is 15.5. The number of fused-ring (bicyclic) bond motifs is 1. The maximum atomic E-state index is 13.3. The number of rotatable bonds is 5. The number of anilines is 1. The predicted molar refractivity (Wildman–Crippen MR) is 106 cm³/mol. The SMILES string of the molecule is O=[N+]([O-])c1ccc2[nH]cc(/C=N/Nc3cc(C(F)(F)F)nc(-c4ccncc4)n3)c2c1. The Hall–Kier alpha value is -4.35. The van der Waals surface area contributed by atoms with E-state index in [1.165, 1.54) is 42.9 Å². The predicted octanol–water partition coefficient (Wildman–Crippen LogP) is 4.39. The highest BCUT2D eigenvalue weighted by Gasteiger charge is 2.33. The molecule has 0 atom stereocenters. The number of hydrazone groups is 1. The van der Waals surface area contributed by atoms with Gasteiger partial charge in [0.25, 0.3) is 5.69 Å². The van der Waals surface area contributed by atoms with Gasteiger partial charge in [0.15, 0.2) is 17.3 Å². The minimum Gasteiger partial charge on any atom is -0.360 e. The number of aromatic nitrogens is 4. The molecule has 0 radical (unpaired) electrons. The third-order valence-corrected chi connectivity index (χ3v) is 4.25. The van der Waals surface area contributed by atoms with Gasteiger partial charge in [-0.05, 0) is 18.2 Å². The molecule has 0 bridgehead atoms. The van der Waals surface area contributed by atoms with Crippen molar-refractivity contribution in [2.75, 3.05) is 5.43 Å². The van der Waals surface area contributed by atoms with Gasteiger partial charge < -0.3 is 4.98 Å². The summed E-state index contributed by atoms with van der Waals surface area (Å²) in [6, 6.07) is 8.00. The van der Waals surface area contributed by atoms with Crippen LogP contribution in [0.5, 0.6) is 0 Å². The third kappa shape index (κ3) is 4.32. The van der Waals surface area contributed by atoms with Crippen LogP contribution in [0.4, 0.5) is 24.7 Å². The summed E-state index contributed by atoms with van der Waals surface area (Å²) in [5, 5.41) is 15.4. The molecule has 0 aliphatic rings. The Morgan fingerprint density at radius 3 is 2.61 bits per heavy atom. The molecule has 3 aromatic heterocycles. The number of aromatic amines is 1. The van der Waals surface area contributed by atoms with E-state index in [1.807, 2.05) is 0 Å². The van der Waals surface area contributed by atoms with Gasteiger partial charge in [0.05, 0.1) is 11.1 Å².